The van der Waals surface area contributed by atoms with Crippen LogP contribution in [0.2, 0.25) is 5.02 Å². The molecule has 0 saturated heterocycles. The second-order valence-corrected chi connectivity index (χ2v) is 8.22. The summed E-state index contributed by atoms with van der Waals surface area (Å²) >= 11 is 5.94. The molecular formula is C24H23ClN4O5. The molecule has 1 aliphatic rings. The average Bonchev–Trinajstić information content (AvgIpc) is 3.34. The van der Waals surface area contributed by atoms with Crippen LogP contribution in [0.1, 0.15) is 58.0 Å². The Balaban J connectivity index is 0.000000271. The number of carboxylic acid groups (broad SMARTS) is 1. The molecule has 2 atom stereocenters. The summed E-state index contributed by atoms with van der Waals surface area (Å²) in [4.78, 5) is 29.6. The molecular weight excluding hydrogens is 460 g/mol. The second kappa shape index (κ2) is 11.4. The quantitative estimate of drug-likeness (QED) is 0.483. The molecule has 0 unspecified atom stereocenters. The number of hydrogen-bond acceptors (Lipinski definition) is 7. The predicted octanol–water partition coefficient (Wildman–Crippen LogP) is 3.27. The van der Waals surface area contributed by atoms with E-state index < -0.39 is 11.6 Å². The summed E-state index contributed by atoms with van der Waals surface area (Å²) in [5.41, 5.74) is 0.319. The highest BCUT2D eigenvalue weighted by Crippen LogP contribution is 2.28. The van der Waals surface area contributed by atoms with Crippen molar-refractivity contribution in [3.63, 3.8) is 0 Å². The standard InChI is InChI=1S/C18H17ClN2O3.C6H6N2O2/c19-14-4-1-3-13(11-14)6-9-18(23)8-2-5-15(12-18)21-17(22)16-7-10-20-24-16;1-4-2-8-5(3-7-4)6(9)10/h1,3-4,7,10-11,15,23H,2,5,8,12H2,(H,21,22);2-3H,1H3,(H,9,10)/t15-,18+;/m0./s1. The molecule has 3 aromatic rings. The summed E-state index contributed by atoms with van der Waals surface area (Å²) in [6, 6.07) is 8.53. The number of aromatic nitrogens is 3. The van der Waals surface area contributed by atoms with E-state index in [1.165, 1.54) is 24.7 Å². The summed E-state index contributed by atoms with van der Waals surface area (Å²) in [6.45, 7) is 1.75. The average molecular weight is 483 g/mol. The van der Waals surface area contributed by atoms with Crippen LogP contribution in [0.15, 0.2) is 53.4 Å². The normalized spacial score (nSPS) is 19.1. The molecule has 34 heavy (non-hydrogen) atoms. The van der Waals surface area contributed by atoms with E-state index in [1.54, 1.807) is 19.1 Å². The maximum absolute atomic E-state index is 12.0. The number of hydrogen-bond donors (Lipinski definition) is 3. The molecule has 2 heterocycles. The zero-order valence-electron chi connectivity index (χ0n) is 18.4. The first-order valence-corrected chi connectivity index (χ1v) is 10.9. The molecule has 176 valence electrons. The molecule has 2 aromatic heterocycles. The number of carbonyl (C=O) groups excluding carboxylic acids is 1. The monoisotopic (exact) mass is 482 g/mol. The lowest BCUT2D eigenvalue weighted by atomic mass is 9.82. The van der Waals surface area contributed by atoms with E-state index in [4.69, 9.17) is 21.2 Å². The van der Waals surface area contributed by atoms with Gasteiger partial charge in [-0.05, 0) is 44.4 Å². The van der Waals surface area contributed by atoms with Crippen LogP contribution >= 0.6 is 11.6 Å². The van der Waals surface area contributed by atoms with Gasteiger partial charge in [-0.25, -0.2) is 9.78 Å². The van der Waals surface area contributed by atoms with E-state index in [2.05, 4.69) is 32.3 Å². The largest absolute Gasteiger partial charge is 0.476 e. The van der Waals surface area contributed by atoms with E-state index in [9.17, 15) is 14.7 Å². The molecule has 3 N–H and O–H groups in total. The highest BCUT2D eigenvalue weighted by Gasteiger charge is 2.34. The number of benzene rings is 1. The number of rotatable bonds is 3. The fourth-order valence-corrected chi connectivity index (χ4v) is 3.53. The first-order valence-electron chi connectivity index (χ1n) is 10.5. The van der Waals surface area contributed by atoms with Gasteiger partial charge >= 0.3 is 5.97 Å². The van der Waals surface area contributed by atoms with Crippen molar-refractivity contribution in [1.82, 2.24) is 20.4 Å². The van der Waals surface area contributed by atoms with Gasteiger partial charge in [0.25, 0.3) is 5.91 Å². The molecule has 1 aromatic carbocycles. The smallest absolute Gasteiger partial charge is 0.356 e. The molecule has 0 spiro atoms. The van der Waals surface area contributed by atoms with E-state index in [0.29, 0.717) is 23.6 Å². The highest BCUT2D eigenvalue weighted by atomic mass is 35.5. The molecule has 4 rings (SSSR count). The second-order valence-electron chi connectivity index (χ2n) is 7.78. The van der Waals surface area contributed by atoms with Crippen molar-refractivity contribution < 1.29 is 24.3 Å². The Labute approximate surface area is 201 Å². The van der Waals surface area contributed by atoms with Crippen molar-refractivity contribution >= 4 is 23.5 Å². The Morgan fingerprint density at radius 1 is 1.26 bits per heavy atom. The van der Waals surface area contributed by atoms with Crippen molar-refractivity contribution in [2.45, 2.75) is 44.2 Å². The minimum Gasteiger partial charge on any atom is -0.476 e. The molecule has 1 aliphatic carbocycles. The van der Waals surface area contributed by atoms with Crippen LogP contribution < -0.4 is 5.32 Å². The fraction of sp³-hybridized carbons (Fsp3) is 0.292. The van der Waals surface area contributed by atoms with Crippen molar-refractivity contribution in [2.75, 3.05) is 0 Å². The van der Waals surface area contributed by atoms with E-state index in [0.717, 1.165) is 18.4 Å². The van der Waals surface area contributed by atoms with E-state index >= 15 is 0 Å². The SMILES string of the molecule is Cc1cnc(C(=O)O)cn1.O=C(N[C@H]1CCC[C@@](O)(C#Cc2cccc(Cl)c2)C1)c1ccno1. The number of aromatic carboxylic acids is 1. The third-order valence-electron chi connectivity index (χ3n) is 4.99. The van der Waals surface area contributed by atoms with Gasteiger partial charge in [0, 0.05) is 35.3 Å². The minimum atomic E-state index is -1.13. The molecule has 0 radical (unpaired) electrons. The fourth-order valence-electron chi connectivity index (χ4n) is 3.34. The van der Waals surface area contributed by atoms with Crippen LogP contribution in [0.4, 0.5) is 0 Å². The third kappa shape index (κ3) is 7.40. The van der Waals surface area contributed by atoms with Gasteiger partial charge in [-0.1, -0.05) is 34.7 Å². The zero-order chi connectivity index (χ0) is 24.6. The Morgan fingerprint density at radius 3 is 2.74 bits per heavy atom. The van der Waals surface area contributed by atoms with Gasteiger partial charge in [-0.3, -0.25) is 9.78 Å². The van der Waals surface area contributed by atoms with Gasteiger partial charge < -0.3 is 20.1 Å². The Bertz CT molecular complexity index is 1190. The molecule has 1 amide bonds. The predicted molar refractivity (Wildman–Crippen MR) is 123 cm³/mol. The summed E-state index contributed by atoms with van der Waals surface area (Å²) < 4.78 is 4.84. The maximum atomic E-state index is 12.0. The molecule has 0 bridgehead atoms. The number of carbonyl (C=O) groups is 2. The van der Waals surface area contributed by atoms with Crippen molar-refractivity contribution in [1.29, 1.82) is 0 Å². The van der Waals surface area contributed by atoms with Crippen LogP contribution in [0, 0.1) is 18.8 Å². The molecule has 10 heteroatoms. The Hall–Kier alpha value is -3.74. The number of halogens is 1. The molecule has 1 saturated carbocycles. The Morgan fingerprint density at radius 2 is 2.09 bits per heavy atom. The summed E-state index contributed by atoms with van der Waals surface area (Å²) in [6.07, 6.45) is 6.60. The van der Waals surface area contributed by atoms with Gasteiger partial charge in [0.2, 0.25) is 5.76 Å². The summed E-state index contributed by atoms with van der Waals surface area (Å²) in [5, 5.41) is 26.1. The lowest BCUT2D eigenvalue weighted by molar-refractivity contribution is 0.0446. The lowest BCUT2D eigenvalue weighted by Crippen LogP contribution is -2.45. The van der Waals surface area contributed by atoms with Crippen LogP contribution in [0.25, 0.3) is 0 Å². The minimum absolute atomic E-state index is 0.0226. The third-order valence-corrected chi connectivity index (χ3v) is 5.22. The number of aliphatic hydroxyl groups is 1. The van der Waals surface area contributed by atoms with Crippen molar-refractivity contribution in [3.05, 3.63) is 76.7 Å². The first kappa shape index (κ1) is 24.9. The van der Waals surface area contributed by atoms with Crippen molar-refractivity contribution in [3.8, 4) is 11.8 Å². The number of amides is 1. The van der Waals surface area contributed by atoms with Gasteiger partial charge in [0.05, 0.1) is 18.1 Å². The summed E-state index contributed by atoms with van der Waals surface area (Å²) in [5.74, 6) is 4.69. The zero-order valence-corrected chi connectivity index (χ0v) is 19.1. The van der Waals surface area contributed by atoms with E-state index in [1.807, 2.05) is 12.1 Å². The molecule has 0 aliphatic heterocycles. The summed E-state index contributed by atoms with van der Waals surface area (Å²) in [7, 11) is 0. The van der Waals surface area contributed by atoms with Gasteiger partial charge in [0.1, 0.15) is 5.60 Å². The van der Waals surface area contributed by atoms with E-state index in [-0.39, 0.29) is 23.4 Å². The number of nitrogens with zero attached hydrogens (tertiary/aromatic N) is 3. The van der Waals surface area contributed by atoms with Gasteiger partial charge in [0.15, 0.2) is 5.69 Å². The number of aryl methyl sites for hydroxylation is 1. The molecule has 1 fully saturated rings. The van der Waals surface area contributed by atoms with Crippen LogP contribution in [0.5, 0.6) is 0 Å². The number of nitrogens with one attached hydrogen (secondary N) is 1. The maximum Gasteiger partial charge on any atom is 0.356 e. The van der Waals surface area contributed by atoms with Crippen molar-refractivity contribution in [2.24, 2.45) is 0 Å². The van der Waals surface area contributed by atoms with Crippen LogP contribution in [0.3, 0.4) is 0 Å². The Kier molecular flexibility index (Phi) is 8.35. The van der Waals surface area contributed by atoms with Gasteiger partial charge in [-0.15, -0.1) is 0 Å². The van der Waals surface area contributed by atoms with Crippen LogP contribution in [-0.4, -0.2) is 48.9 Å². The topological polar surface area (TPSA) is 138 Å². The van der Waals surface area contributed by atoms with Crippen LogP contribution in [-0.2, 0) is 0 Å². The highest BCUT2D eigenvalue weighted by molar-refractivity contribution is 6.30. The molecule has 9 nitrogen and oxygen atoms in total. The number of carboxylic acids is 1. The van der Waals surface area contributed by atoms with Gasteiger partial charge in [-0.2, -0.15) is 0 Å². The first-order chi connectivity index (χ1) is 16.2. The lowest BCUT2D eigenvalue weighted by Gasteiger charge is -2.33.